The summed E-state index contributed by atoms with van der Waals surface area (Å²) in [5.74, 6) is -1.80. The minimum Gasteiger partial charge on any atom is -0.347 e. The summed E-state index contributed by atoms with van der Waals surface area (Å²) in [4.78, 5) is 24.0. The molecule has 3 rings (SSSR count). The number of hydrogen-bond acceptors (Lipinski definition) is 4. The Morgan fingerprint density at radius 3 is 2.60 bits per heavy atom. The van der Waals surface area contributed by atoms with Crippen molar-refractivity contribution in [2.24, 2.45) is 0 Å². The standard InChI is InChI=1S/C19H26N2O4/c1-13-6-7-15(10-14(13)2)21-18(23)17(22)20-11-16-12-24-19(25-16)8-4-3-5-9-19/h6-7,10,16H,3-5,8-9,11-12H2,1-2H3,(H,20,22)(H,21,23)/t16-/m1/s1. The van der Waals surface area contributed by atoms with Gasteiger partial charge in [0, 0.05) is 25.1 Å². The fourth-order valence-corrected chi connectivity index (χ4v) is 3.36. The fraction of sp³-hybridized carbons (Fsp3) is 0.579. The number of benzene rings is 1. The lowest BCUT2D eigenvalue weighted by molar-refractivity contribution is -0.186. The first kappa shape index (κ1) is 17.9. The number of rotatable bonds is 3. The van der Waals surface area contributed by atoms with Crippen molar-refractivity contribution in [2.45, 2.75) is 57.8 Å². The molecule has 1 aromatic carbocycles. The van der Waals surface area contributed by atoms with E-state index in [9.17, 15) is 9.59 Å². The third-order valence-electron chi connectivity index (χ3n) is 4.99. The van der Waals surface area contributed by atoms with Crippen LogP contribution in [0.4, 0.5) is 5.69 Å². The highest BCUT2D eigenvalue weighted by Gasteiger charge is 2.42. The number of anilines is 1. The zero-order chi connectivity index (χ0) is 17.9. The van der Waals surface area contributed by atoms with Crippen molar-refractivity contribution in [1.29, 1.82) is 0 Å². The van der Waals surface area contributed by atoms with Gasteiger partial charge in [-0.05, 0) is 49.9 Å². The van der Waals surface area contributed by atoms with E-state index in [1.54, 1.807) is 6.07 Å². The highest BCUT2D eigenvalue weighted by atomic mass is 16.7. The summed E-state index contributed by atoms with van der Waals surface area (Å²) in [5.41, 5.74) is 2.81. The molecule has 1 aliphatic heterocycles. The molecule has 1 aliphatic carbocycles. The van der Waals surface area contributed by atoms with Gasteiger partial charge in [-0.3, -0.25) is 9.59 Å². The van der Waals surface area contributed by atoms with Gasteiger partial charge < -0.3 is 20.1 Å². The Bertz CT molecular complexity index is 653. The summed E-state index contributed by atoms with van der Waals surface area (Å²) in [5, 5.41) is 5.26. The van der Waals surface area contributed by atoms with Crippen molar-refractivity contribution in [3.8, 4) is 0 Å². The highest BCUT2D eigenvalue weighted by molar-refractivity contribution is 6.39. The molecule has 1 aromatic rings. The van der Waals surface area contributed by atoms with Gasteiger partial charge in [0.15, 0.2) is 5.79 Å². The van der Waals surface area contributed by atoms with Gasteiger partial charge in [-0.25, -0.2) is 0 Å². The minimum absolute atomic E-state index is 0.198. The minimum atomic E-state index is -0.672. The first-order valence-corrected chi connectivity index (χ1v) is 8.96. The molecule has 2 amide bonds. The van der Waals surface area contributed by atoms with Gasteiger partial charge in [0.2, 0.25) is 0 Å². The number of aryl methyl sites for hydroxylation is 2. The molecule has 0 aromatic heterocycles. The predicted molar refractivity (Wildman–Crippen MR) is 94.2 cm³/mol. The molecule has 6 nitrogen and oxygen atoms in total. The van der Waals surface area contributed by atoms with Gasteiger partial charge in [-0.1, -0.05) is 12.5 Å². The van der Waals surface area contributed by atoms with Gasteiger partial charge in [0.1, 0.15) is 6.10 Å². The number of amides is 2. The summed E-state index contributed by atoms with van der Waals surface area (Å²) in [6, 6.07) is 5.55. The third-order valence-corrected chi connectivity index (χ3v) is 4.99. The predicted octanol–water partition coefficient (Wildman–Crippen LogP) is 2.43. The SMILES string of the molecule is Cc1ccc(NC(=O)C(=O)NC[C@@H]2COC3(CCCCC3)O2)cc1C. The average molecular weight is 346 g/mol. The molecule has 0 radical (unpaired) electrons. The van der Waals surface area contributed by atoms with E-state index in [0.29, 0.717) is 12.3 Å². The van der Waals surface area contributed by atoms with E-state index >= 15 is 0 Å². The molecule has 1 saturated carbocycles. The van der Waals surface area contributed by atoms with Gasteiger partial charge >= 0.3 is 11.8 Å². The molecule has 1 atom stereocenters. The van der Waals surface area contributed by atoms with Gasteiger partial charge in [0.25, 0.3) is 0 Å². The Morgan fingerprint density at radius 2 is 1.88 bits per heavy atom. The van der Waals surface area contributed by atoms with Crippen LogP contribution in [0, 0.1) is 13.8 Å². The molecule has 2 fully saturated rings. The second-order valence-electron chi connectivity index (χ2n) is 6.99. The van der Waals surface area contributed by atoms with Crippen LogP contribution in [0.5, 0.6) is 0 Å². The first-order chi connectivity index (χ1) is 12.0. The lowest BCUT2D eigenvalue weighted by Gasteiger charge is -2.31. The fourth-order valence-electron chi connectivity index (χ4n) is 3.36. The Kier molecular flexibility index (Phi) is 5.39. The van der Waals surface area contributed by atoms with Gasteiger partial charge in [-0.15, -0.1) is 0 Å². The summed E-state index contributed by atoms with van der Waals surface area (Å²) in [6.07, 6.45) is 5.05. The van der Waals surface area contributed by atoms with Crippen LogP contribution in [0.3, 0.4) is 0 Å². The maximum Gasteiger partial charge on any atom is 0.313 e. The third kappa shape index (κ3) is 4.38. The summed E-state index contributed by atoms with van der Waals surface area (Å²) in [7, 11) is 0. The quantitative estimate of drug-likeness (QED) is 0.824. The van der Waals surface area contributed by atoms with Crippen LogP contribution in [0.2, 0.25) is 0 Å². The number of nitrogens with one attached hydrogen (secondary N) is 2. The Hall–Kier alpha value is -1.92. The topological polar surface area (TPSA) is 76.7 Å². The van der Waals surface area contributed by atoms with Crippen molar-refractivity contribution in [1.82, 2.24) is 5.32 Å². The van der Waals surface area contributed by atoms with Crippen LogP contribution in [-0.4, -0.2) is 36.9 Å². The number of ether oxygens (including phenoxy) is 2. The Labute approximate surface area is 148 Å². The van der Waals surface area contributed by atoms with E-state index in [-0.39, 0.29) is 12.6 Å². The van der Waals surface area contributed by atoms with E-state index in [0.717, 1.165) is 36.8 Å². The van der Waals surface area contributed by atoms with Crippen LogP contribution >= 0.6 is 0 Å². The van der Waals surface area contributed by atoms with Gasteiger partial charge in [0.05, 0.1) is 6.61 Å². The van der Waals surface area contributed by atoms with E-state index in [2.05, 4.69) is 10.6 Å². The molecule has 6 heteroatoms. The lowest BCUT2D eigenvalue weighted by Crippen LogP contribution is -2.41. The van der Waals surface area contributed by atoms with Crippen molar-refractivity contribution in [3.63, 3.8) is 0 Å². The molecule has 25 heavy (non-hydrogen) atoms. The summed E-state index contributed by atoms with van der Waals surface area (Å²) < 4.78 is 11.8. The Balaban J connectivity index is 1.46. The summed E-state index contributed by atoms with van der Waals surface area (Å²) in [6.45, 7) is 4.69. The second kappa shape index (κ2) is 7.54. The largest absolute Gasteiger partial charge is 0.347 e. The van der Waals surface area contributed by atoms with E-state index in [1.807, 2.05) is 26.0 Å². The monoisotopic (exact) mass is 346 g/mol. The van der Waals surface area contributed by atoms with E-state index < -0.39 is 17.6 Å². The molecule has 2 aliphatic rings. The van der Waals surface area contributed by atoms with Crippen molar-refractivity contribution < 1.29 is 19.1 Å². The molecule has 136 valence electrons. The summed E-state index contributed by atoms with van der Waals surface area (Å²) >= 11 is 0. The Morgan fingerprint density at radius 1 is 1.12 bits per heavy atom. The lowest BCUT2D eigenvalue weighted by atomic mass is 9.94. The van der Waals surface area contributed by atoms with Crippen LogP contribution in [0.25, 0.3) is 0 Å². The van der Waals surface area contributed by atoms with E-state index in [1.165, 1.54) is 6.42 Å². The number of hydrogen-bond donors (Lipinski definition) is 2. The zero-order valence-electron chi connectivity index (χ0n) is 14.9. The molecule has 1 spiro atoms. The average Bonchev–Trinajstić information content (AvgIpc) is 2.99. The first-order valence-electron chi connectivity index (χ1n) is 8.96. The maximum atomic E-state index is 12.0. The molecule has 1 saturated heterocycles. The molecule has 2 N–H and O–H groups in total. The van der Waals surface area contributed by atoms with Crippen LogP contribution in [0.1, 0.15) is 43.2 Å². The molecule has 1 heterocycles. The van der Waals surface area contributed by atoms with Crippen LogP contribution in [0.15, 0.2) is 18.2 Å². The van der Waals surface area contributed by atoms with Crippen molar-refractivity contribution in [2.75, 3.05) is 18.5 Å². The molecule has 0 unspecified atom stereocenters. The highest BCUT2D eigenvalue weighted by Crippen LogP contribution is 2.37. The smallest absolute Gasteiger partial charge is 0.313 e. The van der Waals surface area contributed by atoms with E-state index in [4.69, 9.17) is 9.47 Å². The van der Waals surface area contributed by atoms with Crippen molar-refractivity contribution in [3.05, 3.63) is 29.3 Å². The molecule has 0 bridgehead atoms. The normalized spacial score (nSPS) is 21.9. The molecular formula is C19H26N2O4. The number of carbonyl (C=O) groups excluding carboxylic acids is 2. The number of carbonyl (C=O) groups is 2. The van der Waals surface area contributed by atoms with Gasteiger partial charge in [-0.2, -0.15) is 0 Å². The zero-order valence-corrected chi connectivity index (χ0v) is 14.9. The van der Waals surface area contributed by atoms with Crippen LogP contribution in [-0.2, 0) is 19.1 Å². The second-order valence-corrected chi connectivity index (χ2v) is 6.99. The van der Waals surface area contributed by atoms with Crippen LogP contribution < -0.4 is 10.6 Å². The molecular weight excluding hydrogens is 320 g/mol. The van der Waals surface area contributed by atoms with Crippen molar-refractivity contribution >= 4 is 17.5 Å². The maximum absolute atomic E-state index is 12.0.